The van der Waals surface area contributed by atoms with Crippen molar-refractivity contribution in [3.8, 4) is 0 Å². The van der Waals surface area contributed by atoms with E-state index in [1.807, 2.05) is 0 Å². The van der Waals surface area contributed by atoms with Crippen LogP contribution in [0.5, 0.6) is 0 Å². The summed E-state index contributed by atoms with van der Waals surface area (Å²) >= 11 is 0. The maximum absolute atomic E-state index is 11.6. The summed E-state index contributed by atoms with van der Waals surface area (Å²) in [5.41, 5.74) is 5.39. The van der Waals surface area contributed by atoms with Crippen LogP contribution in [-0.2, 0) is 9.84 Å². The fourth-order valence-electron chi connectivity index (χ4n) is 1.20. The third-order valence-electron chi connectivity index (χ3n) is 2.36. The molecule has 1 heterocycles. The van der Waals surface area contributed by atoms with Gasteiger partial charge in [0.05, 0.1) is 10.5 Å². The quantitative estimate of drug-likeness (QED) is 0.565. The maximum Gasteiger partial charge on any atom is 0.158 e. The summed E-state index contributed by atoms with van der Waals surface area (Å²) in [5.74, 6) is 0.163. The molecule has 72 valence electrons. The highest BCUT2D eigenvalue weighted by molar-refractivity contribution is 7.92. The first-order valence-electron chi connectivity index (χ1n) is 4.05. The van der Waals surface area contributed by atoms with Gasteiger partial charge in [-0.25, -0.2) is 8.42 Å². The van der Waals surface area contributed by atoms with Gasteiger partial charge in [0.25, 0.3) is 0 Å². The van der Waals surface area contributed by atoms with Crippen LogP contribution < -0.4 is 11.1 Å². The molecule has 4 nitrogen and oxygen atoms in total. The molecule has 5 heteroatoms. The summed E-state index contributed by atoms with van der Waals surface area (Å²) in [7, 11) is -2.96. The third-order valence-corrected chi connectivity index (χ3v) is 5.03. The Morgan fingerprint density at radius 1 is 1.58 bits per heavy atom. The van der Waals surface area contributed by atoms with Crippen molar-refractivity contribution in [2.24, 2.45) is 5.73 Å². The first-order chi connectivity index (χ1) is 5.39. The Hall–Kier alpha value is -0.130. The van der Waals surface area contributed by atoms with Crippen molar-refractivity contribution >= 4 is 9.84 Å². The van der Waals surface area contributed by atoms with Gasteiger partial charge in [-0.1, -0.05) is 0 Å². The van der Waals surface area contributed by atoms with E-state index in [-0.39, 0.29) is 11.8 Å². The van der Waals surface area contributed by atoms with E-state index >= 15 is 0 Å². The molecule has 0 bridgehead atoms. The Bertz CT molecular complexity index is 259. The van der Waals surface area contributed by atoms with Gasteiger partial charge in [-0.05, 0) is 13.8 Å². The first-order valence-corrected chi connectivity index (χ1v) is 5.70. The molecule has 12 heavy (non-hydrogen) atoms. The molecule has 1 aliphatic rings. The molecule has 0 aliphatic carbocycles. The molecular formula is C7H16N2O2S. The molecule has 0 saturated carbocycles. The molecule has 0 aromatic heterocycles. The van der Waals surface area contributed by atoms with E-state index in [1.165, 1.54) is 0 Å². The number of hydrogen-bond donors (Lipinski definition) is 2. The van der Waals surface area contributed by atoms with Crippen molar-refractivity contribution in [2.45, 2.75) is 24.6 Å². The Balaban J connectivity index is 2.83. The average Bonchev–Trinajstić information content (AvgIpc) is 1.95. The molecular weight excluding hydrogens is 176 g/mol. The van der Waals surface area contributed by atoms with Crippen LogP contribution in [0.3, 0.4) is 0 Å². The summed E-state index contributed by atoms with van der Waals surface area (Å²) in [5, 5.41) is 3.11. The van der Waals surface area contributed by atoms with Crippen molar-refractivity contribution in [2.75, 3.05) is 18.8 Å². The van der Waals surface area contributed by atoms with Crippen molar-refractivity contribution in [3.63, 3.8) is 0 Å². The monoisotopic (exact) mass is 192 g/mol. The van der Waals surface area contributed by atoms with Gasteiger partial charge in [0, 0.05) is 19.1 Å². The zero-order valence-electron chi connectivity index (χ0n) is 7.50. The summed E-state index contributed by atoms with van der Waals surface area (Å²) < 4.78 is 22.5. The number of nitrogens with one attached hydrogen (secondary N) is 1. The molecule has 1 unspecified atom stereocenters. The molecule has 1 aliphatic heterocycles. The lowest BCUT2D eigenvalue weighted by atomic mass is 10.2. The van der Waals surface area contributed by atoms with Crippen molar-refractivity contribution in [1.29, 1.82) is 0 Å². The lowest BCUT2D eigenvalue weighted by Gasteiger charge is -2.34. The van der Waals surface area contributed by atoms with Crippen LogP contribution in [0.25, 0.3) is 0 Å². The van der Waals surface area contributed by atoms with Crippen LogP contribution in [0.1, 0.15) is 13.8 Å². The third kappa shape index (κ3) is 1.62. The van der Waals surface area contributed by atoms with Gasteiger partial charge in [0.2, 0.25) is 0 Å². The Labute approximate surface area is 73.4 Å². The molecule has 1 fully saturated rings. The first kappa shape index (κ1) is 9.95. The normalized spacial score (nSPS) is 33.1. The molecule has 3 N–H and O–H groups in total. The van der Waals surface area contributed by atoms with Crippen molar-refractivity contribution in [1.82, 2.24) is 5.32 Å². The van der Waals surface area contributed by atoms with Gasteiger partial charge in [0.15, 0.2) is 9.84 Å². The standard InChI is InChI=1S/C7H16N2O2S/c1-7(2)5-9-6(3-8)4-12(7,10)11/h6,9H,3-5,8H2,1-2H3. The summed E-state index contributed by atoms with van der Waals surface area (Å²) in [6.07, 6.45) is 0. The SMILES string of the molecule is CC1(C)CNC(CN)CS1(=O)=O. The summed E-state index contributed by atoms with van der Waals surface area (Å²) in [6.45, 7) is 4.36. The number of rotatable bonds is 1. The topological polar surface area (TPSA) is 72.2 Å². The highest BCUT2D eigenvalue weighted by Crippen LogP contribution is 2.20. The van der Waals surface area contributed by atoms with Crippen LogP contribution in [0.2, 0.25) is 0 Å². The minimum Gasteiger partial charge on any atom is -0.329 e. The fraction of sp³-hybridized carbons (Fsp3) is 1.00. The highest BCUT2D eigenvalue weighted by Gasteiger charge is 2.39. The molecule has 0 amide bonds. The molecule has 1 rings (SSSR count). The smallest absolute Gasteiger partial charge is 0.158 e. The molecule has 0 aromatic rings. The van der Waals surface area contributed by atoms with Gasteiger partial charge >= 0.3 is 0 Å². The second-order valence-electron chi connectivity index (χ2n) is 3.85. The average molecular weight is 192 g/mol. The Morgan fingerprint density at radius 2 is 2.17 bits per heavy atom. The number of hydrogen-bond acceptors (Lipinski definition) is 4. The van der Waals surface area contributed by atoms with E-state index in [0.29, 0.717) is 13.1 Å². The van der Waals surface area contributed by atoms with E-state index < -0.39 is 14.6 Å². The van der Waals surface area contributed by atoms with E-state index in [2.05, 4.69) is 5.32 Å². The van der Waals surface area contributed by atoms with Crippen LogP contribution >= 0.6 is 0 Å². The largest absolute Gasteiger partial charge is 0.329 e. The predicted octanol–water partition coefficient (Wildman–Crippen LogP) is -0.890. The minimum atomic E-state index is -2.96. The summed E-state index contributed by atoms with van der Waals surface area (Å²) in [4.78, 5) is 0. The Kier molecular flexibility index (Phi) is 2.47. The molecule has 0 aromatic carbocycles. The van der Waals surface area contributed by atoms with Crippen LogP contribution in [0, 0.1) is 0 Å². The van der Waals surface area contributed by atoms with Gasteiger partial charge in [0.1, 0.15) is 0 Å². The van der Waals surface area contributed by atoms with E-state index in [1.54, 1.807) is 13.8 Å². The lowest BCUT2D eigenvalue weighted by molar-refractivity contribution is 0.444. The zero-order chi connectivity index (χ0) is 9.41. The van der Waals surface area contributed by atoms with Gasteiger partial charge in [-0.3, -0.25) is 0 Å². The van der Waals surface area contributed by atoms with Gasteiger partial charge < -0.3 is 11.1 Å². The van der Waals surface area contributed by atoms with Crippen molar-refractivity contribution in [3.05, 3.63) is 0 Å². The zero-order valence-corrected chi connectivity index (χ0v) is 8.32. The van der Waals surface area contributed by atoms with E-state index in [9.17, 15) is 8.42 Å². The van der Waals surface area contributed by atoms with Crippen LogP contribution in [0.4, 0.5) is 0 Å². The number of sulfone groups is 1. The molecule has 0 radical (unpaired) electrons. The number of nitrogens with two attached hydrogens (primary N) is 1. The predicted molar refractivity (Wildman–Crippen MR) is 48.7 cm³/mol. The van der Waals surface area contributed by atoms with Crippen molar-refractivity contribution < 1.29 is 8.42 Å². The molecule has 0 spiro atoms. The summed E-state index contributed by atoms with van der Waals surface area (Å²) in [6, 6.07) is -0.0666. The second kappa shape index (κ2) is 2.97. The van der Waals surface area contributed by atoms with Gasteiger partial charge in [-0.15, -0.1) is 0 Å². The Morgan fingerprint density at radius 3 is 2.58 bits per heavy atom. The molecule has 1 atom stereocenters. The highest BCUT2D eigenvalue weighted by atomic mass is 32.2. The molecule has 1 saturated heterocycles. The van der Waals surface area contributed by atoms with Gasteiger partial charge in [-0.2, -0.15) is 0 Å². The van der Waals surface area contributed by atoms with E-state index in [0.717, 1.165) is 0 Å². The lowest BCUT2D eigenvalue weighted by Crippen LogP contribution is -2.57. The second-order valence-corrected chi connectivity index (χ2v) is 6.52. The maximum atomic E-state index is 11.6. The van der Waals surface area contributed by atoms with E-state index in [4.69, 9.17) is 5.73 Å². The minimum absolute atomic E-state index is 0.0666. The van der Waals surface area contributed by atoms with Crippen LogP contribution in [0.15, 0.2) is 0 Å². The van der Waals surface area contributed by atoms with Crippen LogP contribution in [-0.4, -0.2) is 38.0 Å². The fourth-order valence-corrected chi connectivity index (χ4v) is 2.74.